The summed E-state index contributed by atoms with van der Waals surface area (Å²) in [4.78, 5) is 25.8. The zero-order valence-corrected chi connectivity index (χ0v) is 36.3. The third kappa shape index (κ3) is 9.92. The monoisotopic (exact) mass is 872 g/mol. The Morgan fingerprint density at radius 3 is 0.955 bits per heavy atom. The van der Waals surface area contributed by atoms with E-state index in [1.54, 1.807) is 0 Å². The van der Waals surface area contributed by atoms with Crippen LogP contribution in [0, 0.1) is 0 Å². The highest BCUT2D eigenvalue weighted by molar-refractivity contribution is 6.05. The molecule has 0 saturated carbocycles. The van der Waals surface area contributed by atoms with Crippen molar-refractivity contribution in [2.75, 3.05) is 10.6 Å². The predicted molar refractivity (Wildman–Crippen MR) is 259 cm³/mol. The van der Waals surface area contributed by atoms with E-state index >= 15 is 0 Å². The molecule has 10 rings (SSSR count). The molecule has 0 radical (unpaired) electrons. The number of anilines is 2. The van der Waals surface area contributed by atoms with Crippen LogP contribution in [0.15, 0.2) is 256 Å². The maximum absolute atomic E-state index is 12.9. The van der Waals surface area contributed by atoms with Crippen molar-refractivity contribution < 1.29 is 32.6 Å². The zero-order valence-electron chi connectivity index (χ0n) is 36.3. The Balaban J connectivity index is 0.727. The van der Waals surface area contributed by atoms with Crippen molar-refractivity contribution >= 4 is 23.2 Å². The van der Waals surface area contributed by atoms with E-state index in [4.69, 9.17) is 4.74 Å². The number of carbonyl (C=O) groups is 2. The average molecular weight is 873 g/mol. The number of aromatic nitrogens is 4. The molecule has 0 saturated heterocycles. The minimum absolute atomic E-state index is 0.150. The Hall–Kier alpha value is -9.34. The van der Waals surface area contributed by atoms with Crippen LogP contribution in [0.2, 0.25) is 0 Å². The lowest BCUT2D eigenvalue weighted by Crippen LogP contribution is -2.30. The second-order valence-electron chi connectivity index (χ2n) is 15.8. The second-order valence-corrected chi connectivity index (χ2v) is 15.8. The van der Waals surface area contributed by atoms with Gasteiger partial charge in [0.1, 0.15) is 11.5 Å². The molecule has 6 aromatic carbocycles. The number of para-hydroxylation sites is 2. The minimum atomic E-state index is -0.150. The number of nitrogens with zero attached hydrogens (tertiary/aromatic N) is 4. The van der Waals surface area contributed by atoms with Crippen LogP contribution in [-0.2, 0) is 0 Å². The number of hydrogen-bond acceptors (Lipinski definition) is 3. The fourth-order valence-corrected chi connectivity index (χ4v) is 7.74. The van der Waals surface area contributed by atoms with Crippen molar-refractivity contribution in [3.8, 4) is 56.5 Å². The maximum atomic E-state index is 12.9. The molecule has 0 spiro atoms. The number of nitrogens with one attached hydrogen (secondary N) is 2. The van der Waals surface area contributed by atoms with Gasteiger partial charge in [0.05, 0.1) is 0 Å². The molecule has 0 fully saturated rings. The normalized spacial score (nSPS) is 10.8. The summed E-state index contributed by atoms with van der Waals surface area (Å²) in [6.07, 6.45) is 16.2. The van der Waals surface area contributed by atoms with Gasteiger partial charge in [-0.05, 0) is 82.9 Å². The van der Waals surface area contributed by atoms with Crippen molar-refractivity contribution in [1.82, 2.24) is 0 Å². The standard InChI is InChI=1S/C58H42N6O3/c65-57(59-49-11-3-1-4-12-49)47-9-7-15-53(41-47)63-37-29-45(30-38-63)43-25-33-61(34-26-43)51-17-21-55(22-18-51)67-56-23-19-52(20-24-56)62-35-27-44(28-36-62)46-31-39-64(40-32-46)54-16-8-10-48(42-54)58(66)60-50-13-5-2-6-14-50/h1-42H/q+2/p+2. The number of rotatable bonds is 12. The molecule has 0 unspecified atom stereocenters. The molecule has 4 heterocycles. The Labute approximate surface area is 388 Å². The van der Waals surface area contributed by atoms with Crippen LogP contribution in [-0.4, -0.2) is 11.8 Å². The first-order chi connectivity index (χ1) is 33.0. The van der Waals surface area contributed by atoms with Gasteiger partial charge in [-0.1, -0.05) is 48.5 Å². The lowest BCUT2D eigenvalue weighted by atomic mass is 10.1. The van der Waals surface area contributed by atoms with Crippen molar-refractivity contribution in [2.24, 2.45) is 0 Å². The molecule has 0 bridgehead atoms. The molecule has 0 aliphatic carbocycles. The van der Waals surface area contributed by atoms with Crippen LogP contribution in [0.25, 0.3) is 45.0 Å². The number of amides is 2. The third-order valence-corrected chi connectivity index (χ3v) is 11.4. The van der Waals surface area contributed by atoms with Gasteiger partial charge in [-0.25, -0.2) is 0 Å². The molecule has 0 aliphatic heterocycles. The van der Waals surface area contributed by atoms with Crippen molar-refractivity contribution in [1.29, 1.82) is 0 Å². The molecular weight excluding hydrogens is 829 g/mol. The fraction of sp³-hybridized carbons (Fsp3) is 0. The van der Waals surface area contributed by atoms with Gasteiger partial charge in [0.25, 0.3) is 11.8 Å². The van der Waals surface area contributed by atoms with E-state index in [9.17, 15) is 9.59 Å². The summed E-state index contributed by atoms with van der Waals surface area (Å²) in [5.74, 6) is 1.19. The molecule has 67 heavy (non-hydrogen) atoms. The quantitative estimate of drug-likeness (QED) is 0.120. The first-order valence-electron chi connectivity index (χ1n) is 21.9. The summed E-state index contributed by atoms with van der Waals surface area (Å²) >= 11 is 0. The average Bonchev–Trinajstić information content (AvgIpc) is 3.40. The van der Waals surface area contributed by atoms with E-state index in [0.29, 0.717) is 11.1 Å². The Bertz CT molecular complexity index is 3070. The SMILES string of the molecule is O=C(Nc1ccccc1)c1cccc(-[n+]2ccc(-c3cc[n+](-c4ccc(Oc5ccc(-[n+]6ccc(-c7cc[n+](-c8cccc(C(=O)Nc9ccccc9)c8)cc7)cc6)cc5)cc4)cc3)cc2)c1. The molecule has 0 atom stereocenters. The number of ether oxygens (including phenoxy) is 1. The Kier molecular flexibility index (Phi) is 11.9. The summed E-state index contributed by atoms with van der Waals surface area (Å²) < 4.78 is 14.4. The van der Waals surface area contributed by atoms with Gasteiger partial charge >= 0.3 is 0 Å². The highest BCUT2D eigenvalue weighted by atomic mass is 16.5. The van der Waals surface area contributed by atoms with Crippen LogP contribution in [0.1, 0.15) is 20.7 Å². The van der Waals surface area contributed by atoms with Crippen molar-refractivity contribution in [2.45, 2.75) is 0 Å². The van der Waals surface area contributed by atoms with Gasteiger partial charge < -0.3 is 15.4 Å². The van der Waals surface area contributed by atoms with Gasteiger partial charge in [0.2, 0.25) is 22.7 Å². The molecule has 9 nitrogen and oxygen atoms in total. The minimum Gasteiger partial charge on any atom is -0.457 e. The highest BCUT2D eigenvalue weighted by Crippen LogP contribution is 2.24. The Morgan fingerprint density at radius 2 is 0.627 bits per heavy atom. The van der Waals surface area contributed by atoms with Crippen molar-refractivity contribution in [3.63, 3.8) is 0 Å². The number of carbonyl (C=O) groups excluding carboxylic acids is 2. The second kappa shape index (κ2) is 19.2. The summed E-state index contributed by atoms with van der Waals surface area (Å²) in [5.41, 5.74) is 10.9. The maximum Gasteiger partial charge on any atom is 0.255 e. The molecule has 4 aromatic heterocycles. The van der Waals surface area contributed by atoms with E-state index in [1.807, 2.05) is 192 Å². The highest BCUT2D eigenvalue weighted by Gasteiger charge is 2.16. The molecule has 0 aliphatic rings. The van der Waals surface area contributed by atoms with E-state index in [1.165, 1.54) is 0 Å². The smallest absolute Gasteiger partial charge is 0.255 e. The summed E-state index contributed by atoms with van der Waals surface area (Å²) in [6, 6.07) is 66.8. The zero-order chi connectivity index (χ0) is 45.4. The van der Waals surface area contributed by atoms with Crippen LogP contribution in [0.4, 0.5) is 11.4 Å². The molecule has 9 heteroatoms. The largest absolute Gasteiger partial charge is 0.457 e. The number of benzene rings is 6. The van der Waals surface area contributed by atoms with Crippen LogP contribution in [0.3, 0.4) is 0 Å². The summed E-state index contributed by atoms with van der Waals surface area (Å²) in [7, 11) is 0. The van der Waals surface area contributed by atoms with Gasteiger partial charge in [-0.15, -0.1) is 0 Å². The Morgan fingerprint density at radius 1 is 0.313 bits per heavy atom. The van der Waals surface area contributed by atoms with E-state index in [-0.39, 0.29) is 11.8 Å². The lowest BCUT2D eigenvalue weighted by molar-refractivity contribution is -0.596. The van der Waals surface area contributed by atoms with E-state index in [0.717, 1.165) is 67.9 Å². The van der Waals surface area contributed by atoms with Crippen molar-refractivity contribution in [3.05, 3.63) is 267 Å². The van der Waals surface area contributed by atoms with Crippen LogP contribution < -0.4 is 33.6 Å². The first kappa shape index (κ1) is 41.7. The summed E-state index contributed by atoms with van der Waals surface area (Å²) in [5, 5.41) is 5.91. The predicted octanol–water partition coefficient (Wildman–Crippen LogP) is 10.4. The van der Waals surface area contributed by atoms with E-state index in [2.05, 4.69) is 93.1 Å². The van der Waals surface area contributed by atoms with Gasteiger partial charge in [-0.3, -0.25) is 9.59 Å². The van der Waals surface area contributed by atoms with E-state index < -0.39 is 0 Å². The van der Waals surface area contributed by atoms with Crippen LogP contribution in [0.5, 0.6) is 11.5 Å². The third-order valence-electron chi connectivity index (χ3n) is 11.4. The number of hydrogen-bond donors (Lipinski definition) is 2. The van der Waals surface area contributed by atoms with Gasteiger partial charge in [0, 0.05) is 120 Å². The first-order valence-corrected chi connectivity index (χ1v) is 21.9. The number of pyridine rings is 4. The molecular formula is C58H44N6O3+4. The van der Waals surface area contributed by atoms with Gasteiger partial charge in [-0.2, -0.15) is 18.3 Å². The molecule has 10 aromatic rings. The topological polar surface area (TPSA) is 83.0 Å². The summed E-state index contributed by atoms with van der Waals surface area (Å²) in [6.45, 7) is 0. The molecule has 2 N–H and O–H groups in total. The molecule has 2 amide bonds. The molecule has 320 valence electrons. The fourth-order valence-electron chi connectivity index (χ4n) is 7.74. The lowest BCUT2D eigenvalue weighted by Gasteiger charge is -2.06. The van der Waals surface area contributed by atoms with Gasteiger partial charge in [0.15, 0.2) is 49.6 Å². The van der Waals surface area contributed by atoms with Crippen LogP contribution >= 0.6 is 0 Å².